The van der Waals surface area contributed by atoms with Crippen LogP contribution in [-0.2, 0) is 6.54 Å². The molecule has 3 aromatic rings. The van der Waals surface area contributed by atoms with Gasteiger partial charge in [0.05, 0.1) is 0 Å². The predicted octanol–water partition coefficient (Wildman–Crippen LogP) is 0.676. The Morgan fingerprint density at radius 2 is 2.08 bits per heavy atom. The fourth-order valence-electron chi connectivity index (χ4n) is 2.14. The first kappa shape index (κ1) is 15.5. The first-order chi connectivity index (χ1) is 11.5. The molecule has 0 atom stereocenters. The summed E-state index contributed by atoms with van der Waals surface area (Å²) in [6.45, 7) is 1.30. The molecule has 0 aliphatic rings. The first-order valence-electron chi connectivity index (χ1n) is 7.04. The van der Waals surface area contributed by atoms with E-state index in [1.807, 2.05) is 0 Å². The lowest BCUT2D eigenvalue weighted by Crippen LogP contribution is -2.42. The molecular weight excluding hydrogens is 312 g/mol. The molecule has 3 rings (SSSR count). The summed E-state index contributed by atoms with van der Waals surface area (Å²) in [4.78, 5) is 32.2. The molecule has 0 unspecified atom stereocenters. The van der Waals surface area contributed by atoms with Crippen LogP contribution in [-0.4, -0.2) is 26.0 Å². The zero-order valence-electron chi connectivity index (χ0n) is 12.7. The molecule has 0 spiro atoms. The van der Waals surface area contributed by atoms with Crippen LogP contribution in [0, 0.1) is 6.92 Å². The highest BCUT2D eigenvalue weighted by Crippen LogP contribution is 2.15. The van der Waals surface area contributed by atoms with E-state index < -0.39 is 17.2 Å². The van der Waals surface area contributed by atoms with Crippen molar-refractivity contribution in [3.05, 3.63) is 64.7 Å². The van der Waals surface area contributed by atoms with Gasteiger partial charge >= 0.3 is 5.63 Å². The van der Waals surface area contributed by atoms with Crippen LogP contribution in [0.25, 0.3) is 11.4 Å². The van der Waals surface area contributed by atoms with Gasteiger partial charge in [0, 0.05) is 30.1 Å². The van der Waals surface area contributed by atoms with Gasteiger partial charge in [0.1, 0.15) is 17.7 Å². The Balaban J connectivity index is 1.82. The van der Waals surface area contributed by atoms with Crippen LogP contribution in [0.15, 0.2) is 52.2 Å². The van der Waals surface area contributed by atoms with Crippen molar-refractivity contribution in [2.24, 2.45) is 0 Å². The third-order valence-electron chi connectivity index (χ3n) is 3.23. The zero-order valence-corrected chi connectivity index (χ0v) is 12.7. The number of aromatic nitrogens is 4. The van der Waals surface area contributed by atoms with Gasteiger partial charge in [0.25, 0.3) is 0 Å². The maximum atomic E-state index is 12.2. The summed E-state index contributed by atoms with van der Waals surface area (Å²) in [6, 6.07) is 4.63. The fourth-order valence-corrected chi connectivity index (χ4v) is 2.14. The van der Waals surface area contributed by atoms with Crippen molar-refractivity contribution in [1.29, 1.82) is 0 Å². The van der Waals surface area contributed by atoms with Crippen LogP contribution in [0.1, 0.15) is 16.1 Å². The Labute approximate surface area is 136 Å². The lowest BCUT2D eigenvalue weighted by atomic mass is 10.1. The van der Waals surface area contributed by atoms with Gasteiger partial charge in [-0.15, -0.1) is 0 Å². The fraction of sp³-hybridized carbons (Fsp3) is 0.125. The smallest absolute Gasteiger partial charge is 0.350 e. The summed E-state index contributed by atoms with van der Waals surface area (Å²) in [7, 11) is 0. The Hall–Kier alpha value is -3.42. The molecule has 0 fully saturated rings. The van der Waals surface area contributed by atoms with Crippen molar-refractivity contribution in [3.8, 4) is 17.1 Å². The van der Waals surface area contributed by atoms with Crippen LogP contribution < -0.4 is 10.3 Å². The molecule has 0 aliphatic heterocycles. The van der Waals surface area contributed by atoms with Crippen molar-refractivity contribution in [3.63, 3.8) is 0 Å². The molecule has 8 heteroatoms. The lowest BCUT2D eigenvalue weighted by molar-refractivity contribution is -0.741. The Morgan fingerprint density at radius 1 is 1.33 bits per heavy atom. The van der Waals surface area contributed by atoms with Gasteiger partial charge in [-0.25, -0.2) is 14.8 Å². The number of carbonyl (C=O) groups is 1. The highest BCUT2D eigenvalue weighted by Gasteiger charge is 2.22. The maximum absolute atomic E-state index is 12.2. The third-order valence-corrected chi connectivity index (χ3v) is 3.23. The highest BCUT2D eigenvalue weighted by atomic mass is 16.4. The molecule has 0 radical (unpaired) electrons. The number of rotatable bonds is 4. The van der Waals surface area contributed by atoms with Crippen LogP contribution >= 0.6 is 0 Å². The molecule has 0 aliphatic carbocycles. The quantitative estimate of drug-likeness (QED) is 0.554. The summed E-state index contributed by atoms with van der Waals surface area (Å²) in [5.74, 6) is -0.251. The van der Waals surface area contributed by atoms with E-state index in [1.54, 1.807) is 30.7 Å². The Kier molecular flexibility index (Phi) is 4.11. The molecule has 0 aromatic carbocycles. The molecule has 24 heavy (non-hydrogen) atoms. The van der Waals surface area contributed by atoms with Crippen LogP contribution in [0.2, 0.25) is 0 Å². The largest absolute Gasteiger partial charge is 0.507 e. The van der Waals surface area contributed by atoms with Crippen molar-refractivity contribution in [1.82, 2.24) is 15.1 Å². The zero-order chi connectivity index (χ0) is 17.1. The monoisotopic (exact) mass is 325 g/mol. The van der Waals surface area contributed by atoms with Gasteiger partial charge < -0.3 is 9.52 Å². The minimum absolute atomic E-state index is 0.211. The molecule has 1 N–H and O–H groups in total. The third kappa shape index (κ3) is 3.17. The summed E-state index contributed by atoms with van der Waals surface area (Å²) in [5, 5.41) is 13.9. The second-order valence-corrected chi connectivity index (χ2v) is 5.01. The van der Waals surface area contributed by atoms with E-state index in [9.17, 15) is 14.7 Å². The van der Waals surface area contributed by atoms with Crippen LogP contribution in [0.4, 0.5) is 0 Å². The van der Waals surface area contributed by atoms with Gasteiger partial charge in [-0.3, -0.25) is 4.79 Å². The van der Waals surface area contributed by atoms with Gasteiger partial charge in [0.15, 0.2) is 17.6 Å². The molecule has 0 bridgehead atoms. The average Bonchev–Trinajstić information content (AvgIpc) is 2.55. The van der Waals surface area contributed by atoms with Crippen molar-refractivity contribution >= 4 is 5.78 Å². The molecular formula is C16H13N4O4+. The topological polar surface area (TPSA) is 110 Å². The van der Waals surface area contributed by atoms with Crippen molar-refractivity contribution in [2.75, 3.05) is 0 Å². The summed E-state index contributed by atoms with van der Waals surface area (Å²) in [6.07, 6.45) is 6.31. The van der Waals surface area contributed by atoms with E-state index in [0.717, 1.165) is 0 Å². The molecule has 0 amide bonds. The first-order valence-corrected chi connectivity index (χ1v) is 7.04. The number of ketones is 1. The lowest BCUT2D eigenvalue weighted by Gasteiger charge is -2.01. The minimum atomic E-state index is -0.868. The number of aromatic hydroxyl groups is 1. The average molecular weight is 325 g/mol. The van der Waals surface area contributed by atoms with E-state index >= 15 is 0 Å². The van der Waals surface area contributed by atoms with Crippen LogP contribution in [0.5, 0.6) is 5.75 Å². The number of aryl methyl sites for hydroxylation is 1. The molecule has 3 heterocycles. The van der Waals surface area contributed by atoms with Gasteiger partial charge in [-0.1, -0.05) is 4.68 Å². The van der Waals surface area contributed by atoms with E-state index in [4.69, 9.17) is 4.42 Å². The highest BCUT2D eigenvalue weighted by molar-refractivity contribution is 5.97. The summed E-state index contributed by atoms with van der Waals surface area (Å²) >= 11 is 0. The number of hydrogen-bond donors (Lipinski definition) is 1. The number of nitrogens with zero attached hydrogens (tertiary/aromatic N) is 4. The Morgan fingerprint density at radius 3 is 2.71 bits per heavy atom. The normalized spacial score (nSPS) is 10.5. The minimum Gasteiger partial charge on any atom is -0.507 e. The molecule has 8 nitrogen and oxygen atoms in total. The maximum Gasteiger partial charge on any atom is 0.350 e. The second-order valence-electron chi connectivity index (χ2n) is 5.01. The second kappa shape index (κ2) is 6.37. The summed E-state index contributed by atoms with van der Waals surface area (Å²) < 4.78 is 6.18. The van der Waals surface area contributed by atoms with Gasteiger partial charge in [0.2, 0.25) is 12.3 Å². The molecule has 120 valence electrons. The standard InChI is InChI=1S/C16H12N4O4/c1-10-7-12(21)14(16(23)24-10)13(22)9-20-6-3-11(8-19-20)15-17-4-2-5-18-15/h2-8H,9H2,1H3/p+1. The number of Topliss-reactive ketones (excluding diaryl/α,β-unsaturated/α-hetero) is 1. The molecule has 0 saturated carbocycles. The van der Waals surface area contributed by atoms with E-state index in [0.29, 0.717) is 11.4 Å². The SMILES string of the molecule is Cc1cc(O)c(C(=O)C[n+]2ccc(-c3ncccn3)cn2)c(=O)o1. The number of carbonyl (C=O) groups excluding carboxylic acids is 1. The molecule has 3 aromatic heterocycles. The van der Waals surface area contributed by atoms with Crippen LogP contribution in [0.3, 0.4) is 0 Å². The Bertz CT molecular complexity index is 937. The van der Waals surface area contributed by atoms with Gasteiger partial charge in [-0.2, -0.15) is 0 Å². The predicted molar refractivity (Wildman–Crippen MR) is 81.2 cm³/mol. The number of hydrogen-bond acceptors (Lipinski definition) is 7. The van der Waals surface area contributed by atoms with E-state index in [-0.39, 0.29) is 17.9 Å². The van der Waals surface area contributed by atoms with E-state index in [1.165, 1.54) is 23.9 Å². The molecule has 0 saturated heterocycles. The summed E-state index contributed by atoms with van der Waals surface area (Å²) in [5.41, 5.74) is -0.560. The van der Waals surface area contributed by atoms with Crippen molar-refractivity contribution < 1.29 is 19.0 Å². The van der Waals surface area contributed by atoms with E-state index in [2.05, 4.69) is 15.1 Å². The van der Waals surface area contributed by atoms with Gasteiger partial charge in [-0.05, 0) is 18.1 Å². The van der Waals surface area contributed by atoms with Crippen molar-refractivity contribution in [2.45, 2.75) is 13.5 Å².